The van der Waals surface area contributed by atoms with E-state index in [1.165, 1.54) is 20.8 Å². The van der Waals surface area contributed by atoms with Crippen LogP contribution in [0.25, 0.3) is 0 Å². The van der Waals surface area contributed by atoms with Gasteiger partial charge in [0.1, 0.15) is 0 Å². The summed E-state index contributed by atoms with van der Waals surface area (Å²) in [6, 6.07) is 16.0. The zero-order chi connectivity index (χ0) is 25.7. The van der Waals surface area contributed by atoms with Crippen LogP contribution in [-0.2, 0) is 27.2 Å². The Hall–Kier alpha value is -3.93. The summed E-state index contributed by atoms with van der Waals surface area (Å²) in [7, 11) is 0. The molecule has 35 heavy (non-hydrogen) atoms. The number of anilines is 3. The van der Waals surface area contributed by atoms with E-state index in [1.807, 2.05) is 45.0 Å². The van der Waals surface area contributed by atoms with Gasteiger partial charge in [-0.25, -0.2) is 0 Å². The summed E-state index contributed by atoms with van der Waals surface area (Å²) in [5.41, 5.74) is 9.36. The smallest absolute Gasteiger partial charge is 0.221 e. The number of hydrogen-bond donors (Lipinski definition) is 3. The molecule has 0 aliphatic carbocycles. The topological polar surface area (TPSA) is 87.3 Å². The number of carbonyl (C=O) groups is 3. The van der Waals surface area contributed by atoms with Crippen LogP contribution in [-0.4, -0.2) is 17.7 Å². The van der Waals surface area contributed by atoms with E-state index in [2.05, 4.69) is 40.2 Å². The molecule has 182 valence electrons. The van der Waals surface area contributed by atoms with Gasteiger partial charge in [-0.3, -0.25) is 14.4 Å². The van der Waals surface area contributed by atoms with Crippen LogP contribution in [0.3, 0.4) is 0 Å². The van der Waals surface area contributed by atoms with E-state index < -0.39 is 0 Å². The number of aryl methyl sites for hydroxylation is 3. The SMILES string of the molecule is CC(=O)Nc1ccc(C)cc1Cc1cc(C)cc(Cc2cc(C)ccc2NC(C)=O)c1NC(C)=O. The van der Waals surface area contributed by atoms with Crippen molar-refractivity contribution in [2.24, 2.45) is 0 Å². The first-order chi connectivity index (χ1) is 16.5. The van der Waals surface area contributed by atoms with Gasteiger partial charge < -0.3 is 16.0 Å². The molecule has 0 heterocycles. The Bertz CT molecular complexity index is 1210. The van der Waals surface area contributed by atoms with Crippen LogP contribution in [0, 0.1) is 20.8 Å². The summed E-state index contributed by atoms with van der Waals surface area (Å²) in [5.74, 6) is -0.423. The van der Waals surface area contributed by atoms with Crippen molar-refractivity contribution in [2.45, 2.75) is 54.4 Å². The van der Waals surface area contributed by atoms with E-state index >= 15 is 0 Å². The van der Waals surface area contributed by atoms with Crippen molar-refractivity contribution in [1.29, 1.82) is 0 Å². The third kappa shape index (κ3) is 7.03. The maximum atomic E-state index is 12.2. The van der Waals surface area contributed by atoms with Crippen molar-refractivity contribution in [1.82, 2.24) is 0 Å². The standard InChI is InChI=1S/C29H33N3O3/c1-17-7-9-27(30-20(4)33)23(11-17)15-25-13-19(3)14-26(29(25)32-22(6)35)16-24-12-18(2)8-10-28(24)31-21(5)34/h7-14H,15-16H2,1-6H3,(H,30,33)(H,31,34)(H,32,35). The van der Waals surface area contributed by atoms with Crippen molar-refractivity contribution in [2.75, 3.05) is 16.0 Å². The number of amides is 3. The second kappa shape index (κ2) is 11.0. The average Bonchev–Trinajstić information content (AvgIpc) is 2.73. The summed E-state index contributed by atoms with van der Waals surface area (Å²) in [5, 5.41) is 8.88. The number of rotatable bonds is 7. The van der Waals surface area contributed by atoms with Crippen molar-refractivity contribution in [3.05, 3.63) is 87.5 Å². The van der Waals surface area contributed by atoms with E-state index in [-0.39, 0.29) is 17.7 Å². The first-order valence-electron chi connectivity index (χ1n) is 11.7. The quantitative estimate of drug-likeness (QED) is 0.415. The molecule has 0 aliphatic rings. The minimum atomic E-state index is -0.158. The maximum Gasteiger partial charge on any atom is 0.221 e. The highest BCUT2D eigenvalue weighted by molar-refractivity contribution is 5.92. The first kappa shape index (κ1) is 25.7. The third-order valence-electron chi connectivity index (χ3n) is 5.65. The fraction of sp³-hybridized carbons (Fsp3) is 0.276. The van der Waals surface area contributed by atoms with Gasteiger partial charge in [0.05, 0.1) is 0 Å². The fourth-order valence-electron chi connectivity index (χ4n) is 4.33. The highest BCUT2D eigenvalue weighted by Crippen LogP contribution is 2.32. The predicted octanol–water partition coefficient (Wildman–Crippen LogP) is 5.67. The molecule has 3 aromatic rings. The van der Waals surface area contributed by atoms with Crippen LogP contribution in [0.15, 0.2) is 48.5 Å². The molecule has 0 fully saturated rings. The molecule has 0 spiro atoms. The van der Waals surface area contributed by atoms with Gasteiger partial charge in [-0.1, -0.05) is 53.1 Å². The Balaban J connectivity index is 2.12. The van der Waals surface area contributed by atoms with E-state index in [9.17, 15) is 14.4 Å². The van der Waals surface area contributed by atoms with Gasteiger partial charge in [-0.2, -0.15) is 0 Å². The molecule has 0 aliphatic heterocycles. The molecule has 0 radical (unpaired) electrons. The van der Waals surface area contributed by atoms with Crippen LogP contribution < -0.4 is 16.0 Å². The van der Waals surface area contributed by atoms with E-state index in [0.717, 1.165) is 56.0 Å². The largest absolute Gasteiger partial charge is 0.326 e. The van der Waals surface area contributed by atoms with Gasteiger partial charge in [0, 0.05) is 50.7 Å². The van der Waals surface area contributed by atoms with E-state index in [4.69, 9.17) is 0 Å². The molecule has 6 nitrogen and oxygen atoms in total. The number of nitrogens with one attached hydrogen (secondary N) is 3. The fourth-order valence-corrected chi connectivity index (χ4v) is 4.33. The molecular formula is C29H33N3O3. The molecule has 0 saturated carbocycles. The summed E-state index contributed by atoms with van der Waals surface area (Å²) < 4.78 is 0. The van der Waals surface area contributed by atoms with Crippen molar-refractivity contribution >= 4 is 34.8 Å². The average molecular weight is 472 g/mol. The van der Waals surface area contributed by atoms with Crippen LogP contribution in [0.4, 0.5) is 17.1 Å². The molecule has 0 saturated heterocycles. The van der Waals surface area contributed by atoms with Gasteiger partial charge in [-0.15, -0.1) is 0 Å². The Morgan fingerprint density at radius 2 is 0.914 bits per heavy atom. The van der Waals surface area contributed by atoms with Gasteiger partial charge >= 0.3 is 0 Å². The zero-order valence-corrected chi connectivity index (χ0v) is 21.3. The lowest BCUT2D eigenvalue weighted by Crippen LogP contribution is -2.14. The molecule has 3 aromatic carbocycles. The highest BCUT2D eigenvalue weighted by atomic mass is 16.2. The Labute approximate surface area is 207 Å². The normalized spacial score (nSPS) is 10.6. The highest BCUT2D eigenvalue weighted by Gasteiger charge is 2.16. The minimum Gasteiger partial charge on any atom is -0.326 e. The minimum absolute atomic E-state index is 0.132. The lowest BCUT2D eigenvalue weighted by Gasteiger charge is -2.20. The molecule has 0 aromatic heterocycles. The first-order valence-corrected chi connectivity index (χ1v) is 11.7. The van der Waals surface area contributed by atoms with Gasteiger partial charge in [-0.05, 0) is 55.2 Å². The van der Waals surface area contributed by atoms with Crippen LogP contribution >= 0.6 is 0 Å². The lowest BCUT2D eigenvalue weighted by molar-refractivity contribution is -0.115. The molecular weight excluding hydrogens is 438 g/mol. The summed E-state index contributed by atoms with van der Waals surface area (Å²) >= 11 is 0. The number of benzene rings is 3. The molecule has 0 bridgehead atoms. The van der Waals surface area contributed by atoms with Gasteiger partial charge in [0.2, 0.25) is 17.7 Å². The maximum absolute atomic E-state index is 12.2. The van der Waals surface area contributed by atoms with Gasteiger partial charge in [0.25, 0.3) is 0 Å². The Morgan fingerprint density at radius 3 is 1.29 bits per heavy atom. The van der Waals surface area contributed by atoms with Crippen molar-refractivity contribution in [3.8, 4) is 0 Å². The molecule has 0 unspecified atom stereocenters. The van der Waals surface area contributed by atoms with E-state index in [1.54, 1.807) is 0 Å². The Kier molecular flexibility index (Phi) is 8.07. The molecule has 0 atom stereocenters. The monoisotopic (exact) mass is 471 g/mol. The van der Waals surface area contributed by atoms with E-state index in [0.29, 0.717) is 12.8 Å². The van der Waals surface area contributed by atoms with Crippen LogP contribution in [0.5, 0.6) is 0 Å². The van der Waals surface area contributed by atoms with Crippen molar-refractivity contribution < 1.29 is 14.4 Å². The second-order valence-electron chi connectivity index (χ2n) is 9.18. The predicted molar refractivity (Wildman–Crippen MR) is 142 cm³/mol. The van der Waals surface area contributed by atoms with Crippen LogP contribution in [0.2, 0.25) is 0 Å². The van der Waals surface area contributed by atoms with Gasteiger partial charge in [0.15, 0.2) is 0 Å². The number of carbonyl (C=O) groups excluding carboxylic acids is 3. The lowest BCUT2D eigenvalue weighted by atomic mass is 9.92. The summed E-state index contributed by atoms with van der Waals surface area (Å²) in [4.78, 5) is 35.7. The number of hydrogen-bond acceptors (Lipinski definition) is 3. The van der Waals surface area contributed by atoms with Crippen LogP contribution in [0.1, 0.15) is 59.7 Å². The molecule has 3 rings (SSSR count). The van der Waals surface area contributed by atoms with Crippen molar-refractivity contribution in [3.63, 3.8) is 0 Å². The Morgan fingerprint density at radius 1 is 0.543 bits per heavy atom. The molecule has 3 N–H and O–H groups in total. The summed E-state index contributed by atoms with van der Waals surface area (Å²) in [6.45, 7) is 10.5. The molecule has 6 heteroatoms. The molecule has 3 amide bonds. The zero-order valence-electron chi connectivity index (χ0n) is 21.3. The second-order valence-corrected chi connectivity index (χ2v) is 9.18. The summed E-state index contributed by atoms with van der Waals surface area (Å²) in [6.07, 6.45) is 1.07. The third-order valence-corrected chi connectivity index (χ3v) is 5.65.